The summed E-state index contributed by atoms with van der Waals surface area (Å²) >= 11 is 1.06. The van der Waals surface area contributed by atoms with Crippen LogP contribution in [0.4, 0.5) is 5.82 Å². The minimum atomic E-state index is -1.32. The number of aromatic carboxylic acids is 1. The van der Waals surface area contributed by atoms with Crippen LogP contribution in [-0.4, -0.2) is 62.1 Å². The van der Waals surface area contributed by atoms with Crippen LogP contribution < -0.4 is 15.6 Å². The smallest absolute Gasteiger partial charge is 0.341 e. The van der Waals surface area contributed by atoms with E-state index in [0.29, 0.717) is 55.0 Å². The fraction of sp³-hybridized carbons (Fsp3) is 0.280. The van der Waals surface area contributed by atoms with Crippen molar-refractivity contribution >= 4 is 40.3 Å². The summed E-state index contributed by atoms with van der Waals surface area (Å²) in [6.45, 7) is 4.04. The van der Waals surface area contributed by atoms with Crippen molar-refractivity contribution in [1.82, 2.24) is 24.2 Å². The molecule has 3 aromatic heterocycles. The summed E-state index contributed by atoms with van der Waals surface area (Å²) in [6.07, 6.45) is 2.59. The van der Waals surface area contributed by atoms with Gasteiger partial charge in [0.05, 0.1) is 24.5 Å². The lowest BCUT2D eigenvalue weighted by Crippen LogP contribution is -2.54. The summed E-state index contributed by atoms with van der Waals surface area (Å²) < 4.78 is 11.1. The summed E-state index contributed by atoms with van der Waals surface area (Å²) in [5, 5.41) is 13.0. The molecule has 0 aliphatic carbocycles. The van der Waals surface area contributed by atoms with Crippen molar-refractivity contribution in [2.75, 3.05) is 31.1 Å². The van der Waals surface area contributed by atoms with Gasteiger partial charge in [-0.1, -0.05) is 30.3 Å². The van der Waals surface area contributed by atoms with Crippen LogP contribution in [0.15, 0.2) is 53.7 Å². The van der Waals surface area contributed by atoms with Gasteiger partial charge >= 0.3 is 5.97 Å². The van der Waals surface area contributed by atoms with Gasteiger partial charge in [-0.3, -0.25) is 14.2 Å². The lowest BCUT2D eigenvalue weighted by molar-refractivity contribution is -0.126. The zero-order valence-corrected chi connectivity index (χ0v) is 20.8. The Kier molecular flexibility index (Phi) is 6.93. The molecular weight excluding hydrogens is 496 g/mol. The van der Waals surface area contributed by atoms with Crippen LogP contribution in [0.1, 0.15) is 21.5 Å². The van der Waals surface area contributed by atoms with Gasteiger partial charge in [0.25, 0.3) is 0 Å². The van der Waals surface area contributed by atoms with Crippen LogP contribution >= 0.6 is 11.5 Å². The Bertz CT molecular complexity index is 1500. The monoisotopic (exact) mass is 520 g/mol. The predicted molar refractivity (Wildman–Crippen MR) is 137 cm³/mol. The zero-order valence-electron chi connectivity index (χ0n) is 20.0. The average molecular weight is 521 g/mol. The van der Waals surface area contributed by atoms with Gasteiger partial charge in [0.1, 0.15) is 17.7 Å². The van der Waals surface area contributed by atoms with Gasteiger partial charge in [0.2, 0.25) is 16.5 Å². The number of aryl methyl sites for hydroxylation is 1. The van der Waals surface area contributed by atoms with Gasteiger partial charge in [-0.05, 0) is 24.1 Å². The normalized spacial score (nSPS) is 13.5. The molecule has 0 atom stereocenters. The highest BCUT2D eigenvalue weighted by Gasteiger charge is 2.34. The molecule has 4 heterocycles. The van der Waals surface area contributed by atoms with Crippen LogP contribution in [0.2, 0.25) is 0 Å². The molecule has 1 aliphatic rings. The second-order valence-electron chi connectivity index (χ2n) is 8.70. The molecule has 1 aliphatic heterocycles. The zero-order chi connectivity index (χ0) is 25.9. The van der Waals surface area contributed by atoms with Gasteiger partial charge in [0, 0.05) is 37.4 Å². The average Bonchev–Trinajstić information content (AvgIpc) is 3.38. The van der Waals surface area contributed by atoms with Crippen LogP contribution in [0, 0.1) is 12.8 Å². The predicted octanol–water partition coefficient (Wildman–Crippen LogP) is 2.01. The van der Waals surface area contributed by atoms with Gasteiger partial charge in [-0.2, -0.15) is 4.37 Å². The Hall–Kier alpha value is -4.16. The number of hydrogen-bond donors (Lipinski definition) is 2. The maximum atomic E-state index is 12.9. The van der Waals surface area contributed by atoms with Crippen molar-refractivity contribution in [3.05, 3.63) is 75.8 Å². The first-order valence-corrected chi connectivity index (χ1v) is 12.4. The Morgan fingerprint density at radius 3 is 2.73 bits per heavy atom. The molecule has 4 aromatic rings. The molecule has 1 saturated heterocycles. The van der Waals surface area contributed by atoms with Crippen LogP contribution in [-0.2, 0) is 16.1 Å². The largest absolute Gasteiger partial charge is 0.477 e. The molecule has 12 heteroatoms. The van der Waals surface area contributed by atoms with E-state index in [1.165, 1.54) is 17.1 Å². The number of fused-ring (bicyclic) bond motifs is 1. The quantitative estimate of drug-likeness (QED) is 0.317. The number of amides is 1. The fourth-order valence-corrected chi connectivity index (χ4v) is 4.71. The highest BCUT2D eigenvalue weighted by atomic mass is 32.1. The molecule has 2 N–H and O–H groups in total. The molecule has 5 rings (SSSR count). The molecule has 190 valence electrons. The van der Waals surface area contributed by atoms with Gasteiger partial charge < -0.3 is 20.1 Å². The Morgan fingerprint density at radius 1 is 1.24 bits per heavy atom. The van der Waals surface area contributed by atoms with Gasteiger partial charge in [-0.25, -0.2) is 14.8 Å². The minimum Gasteiger partial charge on any atom is -0.477 e. The number of nitrogens with one attached hydrogen (secondary N) is 1. The van der Waals surface area contributed by atoms with Crippen LogP contribution in [0.5, 0.6) is 0 Å². The van der Waals surface area contributed by atoms with Crippen molar-refractivity contribution in [3.63, 3.8) is 0 Å². The first-order valence-electron chi connectivity index (χ1n) is 11.6. The summed E-state index contributed by atoms with van der Waals surface area (Å²) in [4.78, 5) is 47.9. The number of carbonyl (C=O) groups is 2. The fourth-order valence-electron chi connectivity index (χ4n) is 4.20. The molecule has 0 saturated carbocycles. The second-order valence-corrected chi connectivity index (χ2v) is 9.46. The maximum Gasteiger partial charge on any atom is 0.341 e. The SMILES string of the molecule is Cc1cc(N2CC(C(=O)NCCOCc3ccccc3)C2)nc2c1c(=O)c(C(=O)O)cn2-c1ncns1. The van der Waals surface area contributed by atoms with Gasteiger partial charge in [0.15, 0.2) is 5.65 Å². The number of carbonyl (C=O) groups excluding carboxylic acids is 1. The Morgan fingerprint density at radius 2 is 2.03 bits per heavy atom. The summed E-state index contributed by atoms with van der Waals surface area (Å²) in [5.74, 6) is -0.961. The first kappa shape index (κ1) is 24.5. The Balaban J connectivity index is 1.26. The van der Waals surface area contributed by atoms with E-state index in [2.05, 4.69) is 19.7 Å². The molecule has 0 radical (unpaired) electrons. The van der Waals surface area contributed by atoms with Crippen molar-refractivity contribution in [2.45, 2.75) is 13.5 Å². The molecule has 1 aromatic carbocycles. The van der Waals surface area contributed by atoms with Crippen LogP contribution in [0.3, 0.4) is 0 Å². The molecule has 37 heavy (non-hydrogen) atoms. The minimum absolute atomic E-state index is 0.0473. The highest BCUT2D eigenvalue weighted by Crippen LogP contribution is 2.28. The standard InChI is InChI=1S/C25H24N6O5S/c1-15-9-19(29-22-20(15)21(32)18(24(34)35)12-31(22)25-27-14-28-37-25)30-10-17(11-30)23(33)26-7-8-36-13-16-5-3-2-4-6-16/h2-6,9,12,14,17H,7-8,10-11,13H2,1H3,(H,26,33)(H,34,35). The number of carboxylic acids is 1. The summed E-state index contributed by atoms with van der Waals surface area (Å²) in [6, 6.07) is 11.6. The van der Waals surface area contributed by atoms with E-state index in [9.17, 15) is 19.5 Å². The topological polar surface area (TPSA) is 140 Å². The number of anilines is 1. The molecule has 0 bridgehead atoms. The second kappa shape index (κ2) is 10.4. The highest BCUT2D eigenvalue weighted by molar-refractivity contribution is 7.08. The Labute approximate surface area is 215 Å². The van der Waals surface area contributed by atoms with E-state index in [0.717, 1.165) is 17.1 Å². The van der Waals surface area contributed by atoms with Gasteiger partial charge in [-0.15, -0.1) is 0 Å². The third-order valence-corrected chi connectivity index (χ3v) is 6.83. The van der Waals surface area contributed by atoms with Crippen molar-refractivity contribution in [3.8, 4) is 5.13 Å². The number of carboxylic acid groups (broad SMARTS) is 1. The number of nitrogens with zero attached hydrogens (tertiary/aromatic N) is 5. The molecular formula is C25H24N6O5S. The van der Waals surface area contributed by atoms with Crippen molar-refractivity contribution in [2.24, 2.45) is 5.92 Å². The molecule has 1 amide bonds. The molecule has 0 unspecified atom stereocenters. The molecule has 1 fully saturated rings. The number of rotatable bonds is 9. The maximum absolute atomic E-state index is 12.9. The number of ether oxygens (including phenoxy) is 1. The number of pyridine rings is 2. The van der Waals surface area contributed by atoms with E-state index >= 15 is 0 Å². The van der Waals surface area contributed by atoms with E-state index in [4.69, 9.17) is 4.74 Å². The third-order valence-electron chi connectivity index (χ3n) is 6.16. The summed E-state index contributed by atoms with van der Waals surface area (Å²) in [5.41, 5.74) is 1.00. The van der Waals surface area contributed by atoms with Crippen molar-refractivity contribution < 1.29 is 19.4 Å². The number of benzene rings is 1. The van der Waals surface area contributed by atoms with Crippen molar-refractivity contribution in [1.29, 1.82) is 0 Å². The lowest BCUT2D eigenvalue weighted by Gasteiger charge is -2.39. The first-order chi connectivity index (χ1) is 17.9. The van der Waals surface area contributed by atoms with E-state index in [1.807, 2.05) is 35.2 Å². The number of aromatic nitrogens is 4. The molecule has 11 nitrogen and oxygen atoms in total. The molecule has 0 spiro atoms. The summed E-state index contributed by atoms with van der Waals surface area (Å²) in [7, 11) is 0. The number of hydrogen-bond acceptors (Lipinski definition) is 9. The van der Waals surface area contributed by atoms with E-state index in [-0.39, 0.29) is 22.8 Å². The third kappa shape index (κ3) is 5.06. The van der Waals surface area contributed by atoms with E-state index in [1.54, 1.807) is 13.0 Å². The lowest BCUT2D eigenvalue weighted by atomic mass is 9.98. The van der Waals surface area contributed by atoms with Crippen LogP contribution in [0.25, 0.3) is 16.2 Å². The van der Waals surface area contributed by atoms with E-state index < -0.39 is 11.4 Å².